The average molecular weight is 754 g/mol. The van der Waals surface area contributed by atoms with E-state index in [-0.39, 0.29) is 16.2 Å². The van der Waals surface area contributed by atoms with Crippen LogP contribution in [-0.4, -0.2) is 11.8 Å². The fourth-order valence-electron chi connectivity index (χ4n) is 8.92. The zero-order valence-electron chi connectivity index (χ0n) is 35.1. The van der Waals surface area contributed by atoms with E-state index in [2.05, 4.69) is 207 Å². The van der Waals surface area contributed by atoms with Gasteiger partial charge in [0.15, 0.2) is 12.9 Å². The van der Waals surface area contributed by atoms with Crippen LogP contribution in [0.15, 0.2) is 138 Å². The molecule has 2 aromatic heterocycles. The first kappa shape index (κ1) is 36.4. The van der Waals surface area contributed by atoms with Gasteiger partial charge in [-0.3, -0.25) is 0 Å². The van der Waals surface area contributed by atoms with E-state index in [4.69, 9.17) is 4.42 Å². The highest BCUT2D eigenvalue weighted by molar-refractivity contribution is 6.73. The molecule has 3 nitrogen and oxygen atoms in total. The lowest BCUT2D eigenvalue weighted by atomic mass is 9.58. The van der Waals surface area contributed by atoms with Crippen molar-refractivity contribution < 1.29 is 4.42 Å². The summed E-state index contributed by atoms with van der Waals surface area (Å²) in [5, 5.41) is 8.76. The van der Waals surface area contributed by atoms with Crippen LogP contribution in [0.4, 0.5) is 11.4 Å². The van der Waals surface area contributed by atoms with Crippen LogP contribution < -0.4 is 16.2 Å². The van der Waals surface area contributed by atoms with E-state index in [1.807, 2.05) is 6.07 Å². The van der Waals surface area contributed by atoms with Crippen LogP contribution in [0.1, 0.15) is 79.0 Å². The second-order valence-electron chi connectivity index (χ2n) is 19.4. The van der Waals surface area contributed by atoms with Gasteiger partial charge in [0.05, 0.1) is 11.2 Å². The molecule has 0 unspecified atom stereocenters. The van der Waals surface area contributed by atoms with Crippen molar-refractivity contribution >= 4 is 73.3 Å². The molecule has 4 heteroatoms. The molecular weight excluding hydrogens is 703 g/mol. The third kappa shape index (κ3) is 5.87. The number of aromatic nitrogens is 1. The number of fused-ring (bicyclic) bond motifs is 8. The molecule has 285 valence electrons. The Morgan fingerprint density at radius 3 is 1.93 bits per heavy atom. The van der Waals surface area contributed by atoms with Crippen LogP contribution in [0.3, 0.4) is 0 Å². The van der Waals surface area contributed by atoms with Crippen LogP contribution in [0.2, 0.25) is 0 Å². The summed E-state index contributed by atoms with van der Waals surface area (Å²) in [7, 11) is 2.47. The maximum absolute atomic E-state index is 6.55. The van der Waals surface area contributed by atoms with E-state index in [9.17, 15) is 0 Å². The molecule has 0 spiro atoms. The van der Waals surface area contributed by atoms with Gasteiger partial charge in [-0.1, -0.05) is 147 Å². The summed E-state index contributed by atoms with van der Waals surface area (Å²) >= 11 is 0. The Hall–Kier alpha value is -6.00. The molecule has 0 bridgehead atoms. The van der Waals surface area contributed by atoms with Crippen molar-refractivity contribution in [1.29, 1.82) is 0 Å². The number of nitrogens with zero attached hydrogens (tertiary/aromatic N) is 1. The number of rotatable bonds is 4. The number of hydrogen-bond donors (Lipinski definition) is 1. The fraction of sp³-hybridized carbons (Fsp3) is 0.222. The Balaban J connectivity index is 1.28. The summed E-state index contributed by atoms with van der Waals surface area (Å²) in [6.45, 7) is 20.8. The van der Waals surface area contributed by atoms with Gasteiger partial charge in [-0.15, -0.1) is 0 Å². The van der Waals surface area contributed by atoms with E-state index in [1.165, 1.54) is 71.8 Å². The molecule has 0 saturated carbocycles. The molecule has 0 aliphatic carbocycles. The van der Waals surface area contributed by atoms with Crippen molar-refractivity contribution in [2.24, 2.45) is 0 Å². The van der Waals surface area contributed by atoms with Crippen molar-refractivity contribution in [2.45, 2.75) is 78.6 Å². The van der Waals surface area contributed by atoms with Gasteiger partial charge >= 0.3 is 0 Å². The Bertz CT molecular complexity index is 3110. The molecular formula is C54H50BN2O. The molecule has 1 aliphatic heterocycles. The highest BCUT2D eigenvalue weighted by Crippen LogP contribution is 2.43. The first-order chi connectivity index (χ1) is 27.6. The maximum atomic E-state index is 6.55. The standard InChI is InChI=1S/C54H50BN2O/c1-52(2,3)34-22-24-44(56-45-20-15-19-38-37-18-13-14-21-48(37)58-51(38)45)39(28-34)41-26-33(32-16-11-10-12-17-32)27-47-49(41)55-43-31-36(54(7,8)9)30-42-40-29-35(53(4,5)6)23-25-46(40)57(47)50(42)43/h10-31,56H,1-9H3. The summed E-state index contributed by atoms with van der Waals surface area (Å²) in [5.74, 6) is 0. The molecule has 1 aliphatic rings. The zero-order valence-corrected chi connectivity index (χ0v) is 35.1. The van der Waals surface area contributed by atoms with Crippen LogP contribution in [0.25, 0.3) is 71.7 Å². The number of anilines is 2. The van der Waals surface area contributed by atoms with E-state index in [0.29, 0.717) is 0 Å². The zero-order chi connectivity index (χ0) is 40.3. The van der Waals surface area contributed by atoms with Crippen LogP contribution in [-0.2, 0) is 16.2 Å². The van der Waals surface area contributed by atoms with Gasteiger partial charge in [-0.05, 0) is 110 Å². The second-order valence-corrected chi connectivity index (χ2v) is 19.4. The minimum Gasteiger partial charge on any atom is -0.454 e. The smallest absolute Gasteiger partial charge is 0.197 e. The van der Waals surface area contributed by atoms with Gasteiger partial charge < -0.3 is 14.3 Å². The van der Waals surface area contributed by atoms with Gasteiger partial charge in [-0.25, -0.2) is 0 Å². The number of nitrogens with one attached hydrogen (secondary N) is 1. The lowest BCUT2D eigenvalue weighted by Crippen LogP contribution is -2.38. The third-order valence-corrected chi connectivity index (χ3v) is 12.3. The highest BCUT2D eigenvalue weighted by Gasteiger charge is 2.30. The van der Waals surface area contributed by atoms with E-state index in [1.54, 1.807) is 0 Å². The van der Waals surface area contributed by atoms with E-state index >= 15 is 0 Å². The number of para-hydroxylation sites is 2. The molecule has 58 heavy (non-hydrogen) atoms. The van der Waals surface area contributed by atoms with Crippen molar-refractivity contribution in [1.82, 2.24) is 4.57 Å². The summed E-state index contributed by atoms with van der Waals surface area (Å²) in [6.07, 6.45) is 0. The predicted molar refractivity (Wildman–Crippen MR) is 250 cm³/mol. The highest BCUT2D eigenvalue weighted by atomic mass is 16.3. The van der Waals surface area contributed by atoms with E-state index in [0.717, 1.165) is 38.9 Å². The molecule has 3 heterocycles. The summed E-state index contributed by atoms with van der Waals surface area (Å²) in [6, 6.07) is 49.4. The van der Waals surface area contributed by atoms with Gasteiger partial charge in [0, 0.05) is 44.0 Å². The third-order valence-electron chi connectivity index (χ3n) is 12.3. The fourth-order valence-corrected chi connectivity index (χ4v) is 8.92. The minimum absolute atomic E-state index is 0.0231. The first-order valence-electron chi connectivity index (χ1n) is 20.7. The molecule has 0 fully saturated rings. The Morgan fingerprint density at radius 1 is 0.500 bits per heavy atom. The quantitative estimate of drug-likeness (QED) is 0.181. The van der Waals surface area contributed by atoms with Crippen molar-refractivity contribution in [3.63, 3.8) is 0 Å². The molecule has 7 aromatic carbocycles. The Morgan fingerprint density at radius 2 is 1.17 bits per heavy atom. The SMILES string of the molecule is CC(C)(C)c1ccc(Nc2cccc3c2oc2ccccc23)c(-c2cc(-c3ccccc3)cc3c2[B]c2cc(C(C)(C)C)cc4c5cc(C(C)(C)C)ccc5n-3c24)c1. The number of furan rings is 1. The largest absolute Gasteiger partial charge is 0.454 e. The minimum atomic E-state index is -0.0609. The molecule has 0 atom stereocenters. The van der Waals surface area contributed by atoms with E-state index < -0.39 is 0 Å². The number of hydrogen-bond acceptors (Lipinski definition) is 2. The molecule has 1 radical (unpaired) electrons. The van der Waals surface area contributed by atoms with Gasteiger partial charge in [0.2, 0.25) is 0 Å². The summed E-state index contributed by atoms with van der Waals surface area (Å²) < 4.78 is 9.10. The molecule has 0 saturated heterocycles. The van der Waals surface area contributed by atoms with Crippen LogP contribution in [0.5, 0.6) is 0 Å². The van der Waals surface area contributed by atoms with Gasteiger partial charge in [0.25, 0.3) is 0 Å². The topological polar surface area (TPSA) is 30.1 Å². The summed E-state index contributed by atoms with van der Waals surface area (Å²) in [5.41, 5.74) is 18.5. The maximum Gasteiger partial charge on any atom is 0.197 e. The summed E-state index contributed by atoms with van der Waals surface area (Å²) in [4.78, 5) is 0. The molecule has 0 amide bonds. The average Bonchev–Trinajstić information content (AvgIpc) is 3.74. The number of benzene rings is 7. The van der Waals surface area contributed by atoms with Crippen LogP contribution in [0, 0.1) is 0 Å². The van der Waals surface area contributed by atoms with Crippen LogP contribution >= 0.6 is 0 Å². The first-order valence-corrected chi connectivity index (χ1v) is 20.7. The van der Waals surface area contributed by atoms with Gasteiger partial charge in [0.1, 0.15) is 5.58 Å². The lowest BCUT2D eigenvalue weighted by molar-refractivity contribution is 0.590. The van der Waals surface area contributed by atoms with Gasteiger partial charge in [-0.2, -0.15) is 0 Å². The molecule has 1 N–H and O–H groups in total. The normalized spacial score (nSPS) is 13.1. The van der Waals surface area contributed by atoms with Crippen molar-refractivity contribution in [3.8, 4) is 27.9 Å². The second kappa shape index (κ2) is 12.8. The molecule has 9 aromatic rings. The Kier molecular flexibility index (Phi) is 7.99. The lowest BCUT2D eigenvalue weighted by Gasteiger charge is -2.28. The van der Waals surface area contributed by atoms with Crippen molar-refractivity contribution in [3.05, 3.63) is 150 Å². The van der Waals surface area contributed by atoms with Crippen molar-refractivity contribution in [2.75, 3.05) is 5.32 Å². The monoisotopic (exact) mass is 753 g/mol. The molecule has 10 rings (SSSR count). The predicted octanol–water partition coefficient (Wildman–Crippen LogP) is 13.6. The Labute approximate surface area is 343 Å².